The summed E-state index contributed by atoms with van der Waals surface area (Å²) < 4.78 is 70.4. The maximum atomic E-state index is 13.1. The molecule has 124 valence electrons. The van der Waals surface area contributed by atoms with E-state index in [4.69, 9.17) is 4.74 Å². The van der Waals surface area contributed by atoms with Crippen molar-refractivity contribution in [3.63, 3.8) is 0 Å². The number of alkyl halides is 5. The van der Waals surface area contributed by atoms with Crippen LogP contribution in [0.2, 0.25) is 0 Å². The molecule has 1 aliphatic rings. The van der Waals surface area contributed by atoms with Gasteiger partial charge in [-0.1, -0.05) is 0 Å². The predicted octanol–water partition coefficient (Wildman–Crippen LogP) is 4.25. The third-order valence-corrected chi connectivity index (χ3v) is 3.94. The Morgan fingerprint density at radius 1 is 1.18 bits per heavy atom. The van der Waals surface area contributed by atoms with Crippen LogP contribution < -0.4 is 4.74 Å². The molecule has 0 bridgehead atoms. The van der Waals surface area contributed by atoms with Crippen LogP contribution in [0.1, 0.15) is 29.5 Å². The predicted molar refractivity (Wildman–Crippen MR) is 72.2 cm³/mol. The molecular weight excluding hydrogens is 305 g/mol. The first-order valence-corrected chi connectivity index (χ1v) is 6.97. The van der Waals surface area contributed by atoms with Crippen molar-refractivity contribution in [1.82, 2.24) is 4.90 Å². The Labute approximate surface area is 125 Å². The van der Waals surface area contributed by atoms with Crippen molar-refractivity contribution in [1.29, 1.82) is 0 Å². The molecule has 0 N–H and O–H groups in total. The monoisotopic (exact) mass is 323 g/mol. The van der Waals surface area contributed by atoms with E-state index in [1.165, 1.54) is 20.1 Å². The minimum Gasteiger partial charge on any atom is -0.496 e. The number of rotatable bonds is 3. The lowest BCUT2D eigenvalue weighted by atomic mass is 10.0. The molecule has 0 spiro atoms. The van der Waals surface area contributed by atoms with E-state index in [0.29, 0.717) is 5.56 Å². The minimum atomic E-state index is -4.47. The average molecular weight is 323 g/mol. The van der Waals surface area contributed by atoms with Gasteiger partial charge in [-0.05, 0) is 24.6 Å². The number of piperidine rings is 1. The Morgan fingerprint density at radius 2 is 1.77 bits per heavy atom. The van der Waals surface area contributed by atoms with Crippen LogP contribution in [0.4, 0.5) is 22.0 Å². The summed E-state index contributed by atoms with van der Waals surface area (Å²) in [5.41, 5.74) is -0.298. The quantitative estimate of drug-likeness (QED) is 0.771. The van der Waals surface area contributed by atoms with Crippen molar-refractivity contribution in [2.75, 3.05) is 20.2 Å². The van der Waals surface area contributed by atoms with Crippen LogP contribution in [0.15, 0.2) is 12.1 Å². The van der Waals surface area contributed by atoms with E-state index in [1.807, 2.05) is 0 Å². The van der Waals surface area contributed by atoms with Gasteiger partial charge >= 0.3 is 6.18 Å². The lowest BCUT2D eigenvalue weighted by Gasteiger charge is -2.32. The Morgan fingerprint density at radius 3 is 2.27 bits per heavy atom. The fourth-order valence-corrected chi connectivity index (χ4v) is 2.64. The maximum Gasteiger partial charge on any atom is 0.416 e. The van der Waals surface area contributed by atoms with Gasteiger partial charge in [-0.15, -0.1) is 0 Å². The molecule has 0 amide bonds. The van der Waals surface area contributed by atoms with E-state index in [1.54, 1.807) is 4.90 Å². The first kappa shape index (κ1) is 17.0. The third-order valence-electron chi connectivity index (χ3n) is 3.94. The van der Waals surface area contributed by atoms with Crippen LogP contribution in [0.25, 0.3) is 0 Å². The number of ether oxygens (including phenoxy) is 1. The van der Waals surface area contributed by atoms with Crippen molar-refractivity contribution in [3.05, 3.63) is 28.8 Å². The summed E-state index contributed by atoms with van der Waals surface area (Å²) in [7, 11) is 1.31. The van der Waals surface area contributed by atoms with Gasteiger partial charge in [0.15, 0.2) is 0 Å². The molecule has 22 heavy (non-hydrogen) atoms. The summed E-state index contributed by atoms with van der Waals surface area (Å²) in [4.78, 5) is 1.74. The van der Waals surface area contributed by atoms with Gasteiger partial charge in [0.2, 0.25) is 0 Å². The molecule has 0 atom stereocenters. The summed E-state index contributed by atoms with van der Waals surface area (Å²) in [5.74, 6) is -2.51. The maximum absolute atomic E-state index is 13.1. The molecule has 0 aromatic heterocycles. The summed E-state index contributed by atoms with van der Waals surface area (Å²) >= 11 is 0. The largest absolute Gasteiger partial charge is 0.496 e. The van der Waals surface area contributed by atoms with Crippen molar-refractivity contribution < 1.29 is 26.7 Å². The van der Waals surface area contributed by atoms with Gasteiger partial charge < -0.3 is 4.74 Å². The number of likely N-dealkylation sites (tertiary alicyclic amines) is 1. The summed E-state index contributed by atoms with van der Waals surface area (Å²) in [5, 5.41) is 0. The van der Waals surface area contributed by atoms with Crippen LogP contribution in [-0.4, -0.2) is 31.0 Å². The highest BCUT2D eigenvalue weighted by atomic mass is 19.4. The van der Waals surface area contributed by atoms with Gasteiger partial charge in [0.1, 0.15) is 5.75 Å². The van der Waals surface area contributed by atoms with Crippen molar-refractivity contribution in [2.24, 2.45) is 0 Å². The molecular formula is C15H18F5NO. The number of methoxy groups -OCH3 is 1. The topological polar surface area (TPSA) is 12.5 Å². The van der Waals surface area contributed by atoms with Crippen molar-refractivity contribution in [2.45, 2.75) is 38.4 Å². The fourth-order valence-electron chi connectivity index (χ4n) is 2.64. The Balaban J connectivity index is 2.21. The van der Waals surface area contributed by atoms with E-state index in [0.717, 1.165) is 6.07 Å². The van der Waals surface area contributed by atoms with E-state index in [2.05, 4.69) is 0 Å². The Hall–Kier alpha value is -1.37. The molecule has 1 aliphatic heterocycles. The molecule has 0 unspecified atom stereocenters. The average Bonchev–Trinajstić information content (AvgIpc) is 2.41. The second-order valence-corrected chi connectivity index (χ2v) is 5.60. The lowest BCUT2D eigenvalue weighted by Crippen LogP contribution is -2.38. The fraction of sp³-hybridized carbons (Fsp3) is 0.600. The van der Waals surface area contributed by atoms with Crippen LogP contribution in [0, 0.1) is 6.92 Å². The normalized spacial score (nSPS) is 19.2. The molecule has 1 aromatic carbocycles. The van der Waals surface area contributed by atoms with Gasteiger partial charge in [-0.2, -0.15) is 13.2 Å². The number of benzene rings is 1. The first-order valence-electron chi connectivity index (χ1n) is 6.97. The smallest absolute Gasteiger partial charge is 0.416 e. The molecule has 0 saturated carbocycles. The van der Waals surface area contributed by atoms with Crippen LogP contribution in [0.5, 0.6) is 5.75 Å². The van der Waals surface area contributed by atoms with E-state index >= 15 is 0 Å². The zero-order chi connectivity index (χ0) is 16.5. The number of hydrogen-bond acceptors (Lipinski definition) is 2. The van der Waals surface area contributed by atoms with Crippen LogP contribution >= 0.6 is 0 Å². The van der Waals surface area contributed by atoms with Crippen molar-refractivity contribution >= 4 is 0 Å². The van der Waals surface area contributed by atoms with E-state index < -0.39 is 17.7 Å². The van der Waals surface area contributed by atoms with E-state index in [-0.39, 0.29) is 43.8 Å². The molecule has 0 aliphatic carbocycles. The minimum absolute atomic E-state index is 0.0314. The number of nitrogens with zero attached hydrogens (tertiary/aromatic N) is 1. The van der Waals surface area contributed by atoms with Gasteiger partial charge in [0.25, 0.3) is 5.92 Å². The van der Waals surface area contributed by atoms with Gasteiger partial charge in [-0.25, -0.2) is 8.78 Å². The molecule has 2 rings (SSSR count). The van der Waals surface area contributed by atoms with Crippen LogP contribution in [0.3, 0.4) is 0 Å². The highest BCUT2D eigenvalue weighted by Crippen LogP contribution is 2.37. The number of halogens is 5. The summed E-state index contributed by atoms with van der Waals surface area (Å²) in [6.07, 6.45) is -4.99. The van der Waals surface area contributed by atoms with Crippen LogP contribution in [-0.2, 0) is 12.7 Å². The highest BCUT2D eigenvalue weighted by Gasteiger charge is 2.36. The Kier molecular flexibility index (Phi) is 4.65. The summed E-state index contributed by atoms with van der Waals surface area (Å²) in [6, 6.07) is 2.61. The highest BCUT2D eigenvalue weighted by molar-refractivity contribution is 5.44. The molecule has 1 fully saturated rings. The molecule has 7 heteroatoms. The second kappa shape index (κ2) is 6.02. The van der Waals surface area contributed by atoms with E-state index in [9.17, 15) is 22.0 Å². The molecule has 1 saturated heterocycles. The molecule has 0 radical (unpaired) electrons. The summed E-state index contributed by atoms with van der Waals surface area (Å²) in [6.45, 7) is 1.90. The van der Waals surface area contributed by atoms with Crippen molar-refractivity contribution in [3.8, 4) is 5.75 Å². The molecule has 2 nitrogen and oxygen atoms in total. The number of hydrogen-bond donors (Lipinski definition) is 0. The zero-order valence-corrected chi connectivity index (χ0v) is 12.4. The lowest BCUT2D eigenvalue weighted by molar-refractivity contribution is -0.138. The zero-order valence-electron chi connectivity index (χ0n) is 12.4. The second-order valence-electron chi connectivity index (χ2n) is 5.60. The first-order chi connectivity index (χ1) is 10.1. The van der Waals surface area contributed by atoms with Gasteiger partial charge in [0.05, 0.1) is 12.7 Å². The molecule has 1 aromatic rings. The Bertz CT molecular complexity index is 531. The standard InChI is InChI=1S/C15H18F5NO/c1-10-12(15(18,19)20)7-11(8-13(10)22-2)9-21-5-3-14(16,17)4-6-21/h7-8H,3-6,9H2,1-2H3. The van der Waals surface area contributed by atoms with Gasteiger partial charge in [0, 0.05) is 38.0 Å². The SMILES string of the molecule is COc1cc(CN2CCC(F)(F)CC2)cc(C(F)(F)F)c1C. The molecule has 1 heterocycles. The van der Waals surface area contributed by atoms with Gasteiger partial charge in [-0.3, -0.25) is 4.90 Å². The third kappa shape index (κ3) is 3.88.